The number of halogens is 1. The highest BCUT2D eigenvalue weighted by Crippen LogP contribution is 2.39. The van der Waals surface area contributed by atoms with Gasteiger partial charge in [0.2, 0.25) is 0 Å². The molecule has 2 aromatic carbocycles. The number of pyridine rings is 1. The molecule has 0 unspecified atom stereocenters. The Hall–Kier alpha value is -2.87. The third-order valence-electron chi connectivity index (χ3n) is 6.28. The van der Waals surface area contributed by atoms with Crippen LogP contribution in [0.4, 0.5) is 4.79 Å². The van der Waals surface area contributed by atoms with Crippen LogP contribution in [0.5, 0.6) is 0 Å². The minimum Gasteiger partial charge on any atom is -0.445 e. The highest BCUT2D eigenvalue weighted by Gasteiger charge is 2.52. The first-order valence-corrected chi connectivity index (χ1v) is 11.6. The van der Waals surface area contributed by atoms with E-state index in [0.717, 1.165) is 27.5 Å². The smallest absolute Gasteiger partial charge is 0.445 e. The van der Waals surface area contributed by atoms with E-state index >= 15 is 0 Å². The topological polar surface area (TPSA) is 69.7 Å². The molecule has 0 bridgehead atoms. The van der Waals surface area contributed by atoms with Crippen molar-refractivity contribution in [3.05, 3.63) is 82.4 Å². The van der Waals surface area contributed by atoms with Crippen LogP contribution in [0.1, 0.15) is 38.8 Å². The van der Waals surface area contributed by atoms with Crippen molar-refractivity contribution in [2.75, 3.05) is 6.54 Å². The number of carbonyl (C=O) groups is 1. The van der Waals surface area contributed by atoms with Crippen LogP contribution < -0.4 is 5.32 Å². The predicted octanol–water partition coefficient (Wildman–Crippen LogP) is 5.83. The molecule has 2 heterocycles. The lowest BCUT2D eigenvalue weighted by Crippen LogP contribution is -2.41. The molecular formula is C26H28BClN2O4. The van der Waals surface area contributed by atoms with Gasteiger partial charge in [-0.3, -0.25) is 4.98 Å². The minimum absolute atomic E-state index is 0.192. The average molecular weight is 479 g/mol. The normalized spacial score (nSPS) is 17.1. The number of rotatable bonds is 6. The van der Waals surface area contributed by atoms with Crippen LogP contribution in [0.2, 0.25) is 5.02 Å². The number of hydrogen-bond donors (Lipinski definition) is 1. The quantitative estimate of drug-likeness (QED) is 0.451. The second kappa shape index (κ2) is 9.78. The number of amides is 1. The molecule has 1 saturated heterocycles. The molecule has 34 heavy (non-hydrogen) atoms. The zero-order chi connectivity index (χ0) is 24.3. The van der Waals surface area contributed by atoms with Gasteiger partial charge >= 0.3 is 13.2 Å². The van der Waals surface area contributed by atoms with Crippen LogP contribution in [0.3, 0.4) is 0 Å². The van der Waals surface area contributed by atoms with E-state index < -0.39 is 24.4 Å². The molecule has 0 saturated carbocycles. The number of nitrogens with one attached hydrogen (secondary N) is 1. The Bertz CT molecular complexity index is 1200. The molecular weight excluding hydrogens is 451 g/mol. The van der Waals surface area contributed by atoms with E-state index in [1.54, 1.807) is 6.20 Å². The van der Waals surface area contributed by atoms with Gasteiger partial charge in [0.15, 0.2) is 0 Å². The van der Waals surface area contributed by atoms with Crippen LogP contribution in [0, 0.1) is 0 Å². The zero-order valence-electron chi connectivity index (χ0n) is 19.8. The second-order valence-corrected chi connectivity index (χ2v) is 9.72. The first-order chi connectivity index (χ1) is 16.1. The summed E-state index contributed by atoms with van der Waals surface area (Å²) in [6.07, 6.45) is 3.18. The van der Waals surface area contributed by atoms with Crippen LogP contribution in [0.15, 0.2) is 66.3 Å². The van der Waals surface area contributed by atoms with Gasteiger partial charge in [0.05, 0.1) is 16.7 Å². The van der Waals surface area contributed by atoms with E-state index in [1.165, 1.54) is 0 Å². The SMILES string of the molecule is CC1(C)OB(C(=Cc2ccnc3cc(Cl)ccc23)CNC(=O)OCc2ccccc2)OC1(C)C. The highest BCUT2D eigenvalue weighted by molar-refractivity contribution is 6.56. The molecule has 176 valence electrons. The second-order valence-electron chi connectivity index (χ2n) is 9.28. The van der Waals surface area contributed by atoms with Crippen molar-refractivity contribution in [2.24, 2.45) is 0 Å². The van der Waals surface area contributed by atoms with E-state index in [-0.39, 0.29) is 13.2 Å². The Kier molecular flexibility index (Phi) is 6.98. The zero-order valence-corrected chi connectivity index (χ0v) is 20.6. The van der Waals surface area contributed by atoms with Crippen LogP contribution >= 0.6 is 11.6 Å². The average Bonchev–Trinajstić information content (AvgIpc) is 3.02. The maximum absolute atomic E-state index is 12.4. The summed E-state index contributed by atoms with van der Waals surface area (Å²) in [5.74, 6) is 0. The van der Waals surface area contributed by atoms with Crippen LogP contribution in [-0.2, 0) is 20.7 Å². The Morgan fingerprint density at radius 3 is 2.50 bits per heavy atom. The lowest BCUT2D eigenvalue weighted by Gasteiger charge is -2.32. The number of aromatic nitrogens is 1. The molecule has 0 atom stereocenters. The molecule has 0 radical (unpaired) electrons. The summed E-state index contributed by atoms with van der Waals surface area (Å²) >= 11 is 6.14. The molecule has 1 N–H and O–H groups in total. The number of ether oxygens (including phenoxy) is 1. The summed E-state index contributed by atoms with van der Waals surface area (Å²) < 4.78 is 17.9. The van der Waals surface area contributed by atoms with Crippen LogP contribution in [0.25, 0.3) is 17.0 Å². The van der Waals surface area contributed by atoms with Gasteiger partial charge in [-0.05, 0) is 62.5 Å². The lowest BCUT2D eigenvalue weighted by molar-refractivity contribution is 0.00578. The van der Waals surface area contributed by atoms with Gasteiger partial charge in [0.1, 0.15) is 6.61 Å². The molecule has 1 aromatic heterocycles. The Morgan fingerprint density at radius 1 is 1.09 bits per heavy atom. The molecule has 4 rings (SSSR count). The van der Waals surface area contributed by atoms with Crippen molar-refractivity contribution in [2.45, 2.75) is 45.5 Å². The number of carbonyl (C=O) groups excluding carboxylic acids is 1. The summed E-state index contributed by atoms with van der Waals surface area (Å²) in [4.78, 5) is 16.8. The van der Waals surface area contributed by atoms with E-state index in [0.29, 0.717) is 5.02 Å². The molecule has 1 aliphatic rings. The van der Waals surface area contributed by atoms with Crippen LogP contribution in [-0.4, -0.2) is 35.9 Å². The number of nitrogens with zero attached hydrogens (tertiary/aromatic N) is 1. The predicted molar refractivity (Wildman–Crippen MR) is 135 cm³/mol. The van der Waals surface area contributed by atoms with Crippen molar-refractivity contribution in [3.63, 3.8) is 0 Å². The highest BCUT2D eigenvalue weighted by atomic mass is 35.5. The van der Waals surface area contributed by atoms with Gasteiger partial charge in [-0.15, -0.1) is 0 Å². The van der Waals surface area contributed by atoms with Gasteiger partial charge in [0.25, 0.3) is 0 Å². The first-order valence-electron chi connectivity index (χ1n) is 11.2. The van der Waals surface area contributed by atoms with Gasteiger partial charge in [-0.2, -0.15) is 0 Å². The van der Waals surface area contributed by atoms with E-state index in [2.05, 4.69) is 10.3 Å². The van der Waals surface area contributed by atoms with Crippen molar-refractivity contribution in [3.8, 4) is 0 Å². The maximum atomic E-state index is 12.4. The molecule has 1 fully saturated rings. The van der Waals surface area contributed by atoms with Gasteiger partial charge in [0, 0.05) is 23.2 Å². The Morgan fingerprint density at radius 2 is 1.79 bits per heavy atom. The summed E-state index contributed by atoms with van der Waals surface area (Å²) in [5, 5.41) is 4.39. The van der Waals surface area contributed by atoms with Crippen molar-refractivity contribution < 1.29 is 18.8 Å². The number of fused-ring (bicyclic) bond motifs is 1. The van der Waals surface area contributed by atoms with Gasteiger partial charge in [-0.25, -0.2) is 4.79 Å². The summed E-state index contributed by atoms with van der Waals surface area (Å²) in [5.41, 5.74) is 2.35. The maximum Gasteiger partial charge on any atom is 0.492 e. The monoisotopic (exact) mass is 478 g/mol. The lowest BCUT2D eigenvalue weighted by atomic mass is 9.76. The summed E-state index contributed by atoms with van der Waals surface area (Å²) in [6, 6.07) is 17.0. The molecule has 6 nitrogen and oxygen atoms in total. The molecule has 0 spiro atoms. The third-order valence-corrected chi connectivity index (χ3v) is 6.52. The van der Waals surface area contributed by atoms with Crippen molar-refractivity contribution >= 4 is 41.8 Å². The molecule has 1 amide bonds. The molecule has 1 aliphatic heterocycles. The fourth-order valence-electron chi connectivity index (χ4n) is 3.61. The number of alkyl carbamates (subject to hydrolysis) is 1. The Labute approximate surface area is 205 Å². The largest absolute Gasteiger partial charge is 0.492 e. The Balaban J connectivity index is 1.57. The third kappa shape index (κ3) is 5.44. The molecule has 8 heteroatoms. The van der Waals surface area contributed by atoms with Crippen molar-refractivity contribution in [1.29, 1.82) is 0 Å². The summed E-state index contributed by atoms with van der Waals surface area (Å²) in [6.45, 7) is 8.37. The van der Waals surface area contributed by atoms with Gasteiger partial charge < -0.3 is 19.4 Å². The van der Waals surface area contributed by atoms with E-state index in [1.807, 2.05) is 88.4 Å². The van der Waals surface area contributed by atoms with E-state index in [4.69, 9.17) is 25.6 Å². The number of hydrogen-bond acceptors (Lipinski definition) is 5. The van der Waals surface area contributed by atoms with E-state index in [9.17, 15) is 4.79 Å². The standard InChI is InChI=1S/C26H28BClN2O4/c1-25(2)26(3,4)34-27(33-25)20(16-30-24(31)32-17-18-8-6-5-7-9-18)14-19-12-13-29-23-15-21(28)10-11-22(19)23/h5-15H,16-17H2,1-4H3,(H,30,31). The summed E-state index contributed by atoms with van der Waals surface area (Å²) in [7, 11) is -0.630. The minimum atomic E-state index is -0.630. The fourth-order valence-corrected chi connectivity index (χ4v) is 3.78. The fraction of sp³-hybridized carbons (Fsp3) is 0.308. The van der Waals surface area contributed by atoms with Crippen molar-refractivity contribution in [1.82, 2.24) is 10.3 Å². The number of benzene rings is 2. The first kappa shape index (κ1) is 24.3. The van der Waals surface area contributed by atoms with Gasteiger partial charge in [-0.1, -0.05) is 54.1 Å². The molecule has 3 aromatic rings. The molecule has 0 aliphatic carbocycles.